The van der Waals surface area contributed by atoms with E-state index in [0.717, 1.165) is 29.7 Å². The molecule has 0 fully saturated rings. The van der Waals surface area contributed by atoms with Crippen LogP contribution in [-0.4, -0.2) is 22.4 Å². The highest BCUT2D eigenvalue weighted by Gasteiger charge is 2.11. The third kappa shape index (κ3) is 3.31. The van der Waals surface area contributed by atoms with E-state index in [1.54, 1.807) is 0 Å². The molecule has 0 amide bonds. The minimum atomic E-state index is 0.544. The molecule has 1 aromatic heterocycles. The summed E-state index contributed by atoms with van der Waals surface area (Å²) >= 11 is 3.60. The molecular formula is C11H20BrN3. The van der Waals surface area contributed by atoms with Crippen molar-refractivity contribution in [1.29, 1.82) is 0 Å². The standard InChI is InChI=1S/C11H20BrN3/c1-5-15-10(6-7-13-8(2)3)11(12)9(4)14-15/h8,13H,5-7H2,1-4H3. The minimum absolute atomic E-state index is 0.544. The highest BCUT2D eigenvalue weighted by molar-refractivity contribution is 9.10. The Hall–Kier alpha value is -0.350. The quantitative estimate of drug-likeness (QED) is 0.894. The topological polar surface area (TPSA) is 29.9 Å². The summed E-state index contributed by atoms with van der Waals surface area (Å²) in [5.74, 6) is 0. The summed E-state index contributed by atoms with van der Waals surface area (Å²) < 4.78 is 3.23. The van der Waals surface area contributed by atoms with Crippen molar-refractivity contribution in [1.82, 2.24) is 15.1 Å². The van der Waals surface area contributed by atoms with Gasteiger partial charge in [-0.1, -0.05) is 13.8 Å². The minimum Gasteiger partial charge on any atom is -0.314 e. The fraction of sp³-hybridized carbons (Fsp3) is 0.727. The zero-order valence-corrected chi connectivity index (χ0v) is 11.6. The van der Waals surface area contributed by atoms with Crippen molar-refractivity contribution in [2.45, 2.75) is 46.7 Å². The Labute approximate surface area is 100 Å². The van der Waals surface area contributed by atoms with Gasteiger partial charge in [0.2, 0.25) is 0 Å². The lowest BCUT2D eigenvalue weighted by atomic mass is 10.2. The summed E-state index contributed by atoms with van der Waals surface area (Å²) in [7, 11) is 0. The van der Waals surface area contributed by atoms with E-state index in [0.29, 0.717) is 6.04 Å². The normalized spacial score (nSPS) is 11.3. The molecule has 86 valence electrons. The van der Waals surface area contributed by atoms with Gasteiger partial charge >= 0.3 is 0 Å². The van der Waals surface area contributed by atoms with E-state index < -0.39 is 0 Å². The van der Waals surface area contributed by atoms with Crippen LogP contribution in [0.2, 0.25) is 0 Å². The molecule has 1 aromatic rings. The van der Waals surface area contributed by atoms with E-state index in [9.17, 15) is 0 Å². The van der Waals surface area contributed by atoms with Crippen LogP contribution in [0, 0.1) is 6.92 Å². The highest BCUT2D eigenvalue weighted by atomic mass is 79.9. The van der Waals surface area contributed by atoms with Gasteiger partial charge in [-0.05, 0) is 29.8 Å². The number of aryl methyl sites for hydroxylation is 2. The Morgan fingerprint density at radius 3 is 2.67 bits per heavy atom. The fourth-order valence-corrected chi connectivity index (χ4v) is 2.07. The number of hydrogen-bond donors (Lipinski definition) is 1. The predicted octanol–water partition coefficient (Wildman–Crippen LogP) is 2.51. The predicted molar refractivity (Wildman–Crippen MR) is 67.2 cm³/mol. The molecule has 0 bridgehead atoms. The lowest BCUT2D eigenvalue weighted by Crippen LogP contribution is -2.25. The van der Waals surface area contributed by atoms with Gasteiger partial charge < -0.3 is 5.32 Å². The Morgan fingerprint density at radius 1 is 1.47 bits per heavy atom. The molecule has 0 unspecified atom stereocenters. The van der Waals surface area contributed by atoms with Crippen LogP contribution in [0.25, 0.3) is 0 Å². The summed E-state index contributed by atoms with van der Waals surface area (Å²) in [4.78, 5) is 0. The largest absolute Gasteiger partial charge is 0.314 e. The van der Waals surface area contributed by atoms with Crippen LogP contribution in [0.4, 0.5) is 0 Å². The Bertz CT molecular complexity index is 318. The van der Waals surface area contributed by atoms with Crippen molar-refractivity contribution >= 4 is 15.9 Å². The number of aromatic nitrogens is 2. The zero-order chi connectivity index (χ0) is 11.4. The Morgan fingerprint density at radius 2 is 2.13 bits per heavy atom. The maximum atomic E-state index is 4.47. The maximum absolute atomic E-state index is 4.47. The number of nitrogens with one attached hydrogen (secondary N) is 1. The van der Waals surface area contributed by atoms with Crippen LogP contribution in [0.1, 0.15) is 32.2 Å². The van der Waals surface area contributed by atoms with Gasteiger partial charge in [-0.25, -0.2) is 0 Å². The zero-order valence-electron chi connectivity index (χ0n) is 9.97. The molecule has 1 N–H and O–H groups in total. The third-order valence-electron chi connectivity index (χ3n) is 2.37. The fourth-order valence-electron chi connectivity index (χ4n) is 1.59. The van der Waals surface area contributed by atoms with Crippen LogP contribution in [-0.2, 0) is 13.0 Å². The molecular weight excluding hydrogens is 254 g/mol. The number of nitrogens with zero attached hydrogens (tertiary/aromatic N) is 2. The molecule has 15 heavy (non-hydrogen) atoms. The van der Waals surface area contributed by atoms with Crippen molar-refractivity contribution in [2.75, 3.05) is 6.54 Å². The highest BCUT2D eigenvalue weighted by Crippen LogP contribution is 2.21. The smallest absolute Gasteiger partial charge is 0.0738 e. The van der Waals surface area contributed by atoms with Gasteiger partial charge in [0.15, 0.2) is 0 Å². The molecule has 0 aliphatic heterocycles. The van der Waals surface area contributed by atoms with Crippen molar-refractivity contribution in [3.63, 3.8) is 0 Å². The van der Waals surface area contributed by atoms with Crippen LogP contribution in [0.3, 0.4) is 0 Å². The van der Waals surface area contributed by atoms with E-state index in [1.165, 1.54) is 5.69 Å². The lowest BCUT2D eigenvalue weighted by Gasteiger charge is -2.09. The van der Waals surface area contributed by atoms with Gasteiger partial charge in [0.25, 0.3) is 0 Å². The molecule has 4 heteroatoms. The van der Waals surface area contributed by atoms with Crippen LogP contribution >= 0.6 is 15.9 Å². The van der Waals surface area contributed by atoms with Crippen LogP contribution in [0.5, 0.6) is 0 Å². The van der Waals surface area contributed by atoms with E-state index in [4.69, 9.17) is 0 Å². The number of rotatable bonds is 5. The first kappa shape index (κ1) is 12.7. The molecule has 1 heterocycles. The summed E-state index contributed by atoms with van der Waals surface area (Å²) in [6.07, 6.45) is 1.02. The summed E-state index contributed by atoms with van der Waals surface area (Å²) in [6, 6.07) is 0.544. The van der Waals surface area contributed by atoms with Crippen molar-refractivity contribution in [3.05, 3.63) is 15.9 Å². The average molecular weight is 274 g/mol. The monoisotopic (exact) mass is 273 g/mol. The molecule has 1 rings (SSSR count). The van der Waals surface area contributed by atoms with Crippen molar-refractivity contribution in [3.8, 4) is 0 Å². The second-order valence-electron chi connectivity index (χ2n) is 4.02. The number of halogens is 1. The first-order chi connectivity index (χ1) is 7.06. The van der Waals surface area contributed by atoms with E-state index in [2.05, 4.69) is 51.8 Å². The van der Waals surface area contributed by atoms with E-state index >= 15 is 0 Å². The van der Waals surface area contributed by atoms with Crippen molar-refractivity contribution < 1.29 is 0 Å². The summed E-state index contributed by atoms with van der Waals surface area (Å²) in [5, 5.41) is 7.89. The average Bonchev–Trinajstić information content (AvgIpc) is 2.44. The molecule has 0 aromatic carbocycles. The van der Waals surface area contributed by atoms with Gasteiger partial charge in [0, 0.05) is 25.6 Å². The van der Waals surface area contributed by atoms with Gasteiger partial charge in [-0.2, -0.15) is 5.10 Å². The molecule has 0 aliphatic carbocycles. The maximum Gasteiger partial charge on any atom is 0.0738 e. The van der Waals surface area contributed by atoms with Crippen LogP contribution < -0.4 is 5.32 Å². The van der Waals surface area contributed by atoms with Crippen LogP contribution in [0.15, 0.2) is 4.47 Å². The number of hydrogen-bond acceptors (Lipinski definition) is 2. The molecule has 0 saturated carbocycles. The van der Waals surface area contributed by atoms with Gasteiger partial charge in [0.1, 0.15) is 0 Å². The van der Waals surface area contributed by atoms with E-state index in [-0.39, 0.29) is 0 Å². The summed E-state index contributed by atoms with van der Waals surface area (Å²) in [6.45, 7) is 10.4. The Kier molecular flexibility index (Phi) is 4.80. The van der Waals surface area contributed by atoms with E-state index in [1.807, 2.05) is 6.92 Å². The second kappa shape index (κ2) is 5.66. The molecule has 0 atom stereocenters. The van der Waals surface area contributed by atoms with Gasteiger partial charge in [0.05, 0.1) is 15.9 Å². The lowest BCUT2D eigenvalue weighted by molar-refractivity contribution is 0.559. The molecule has 0 aliphatic rings. The molecule has 0 saturated heterocycles. The van der Waals surface area contributed by atoms with Crippen molar-refractivity contribution in [2.24, 2.45) is 0 Å². The molecule has 0 spiro atoms. The molecule has 0 radical (unpaired) electrons. The third-order valence-corrected chi connectivity index (χ3v) is 3.40. The van der Waals surface area contributed by atoms with Gasteiger partial charge in [-0.15, -0.1) is 0 Å². The first-order valence-corrected chi connectivity index (χ1v) is 6.30. The SMILES string of the molecule is CCn1nc(C)c(Br)c1CCNC(C)C. The Balaban J connectivity index is 2.66. The summed E-state index contributed by atoms with van der Waals surface area (Å²) in [5.41, 5.74) is 2.37. The van der Waals surface area contributed by atoms with Gasteiger partial charge in [-0.3, -0.25) is 4.68 Å². The molecule has 3 nitrogen and oxygen atoms in total. The first-order valence-electron chi connectivity index (χ1n) is 5.51. The second-order valence-corrected chi connectivity index (χ2v) is 4.81.